The van der Waals surface area contributed by atoms with Gasteiger partial charge in [0.25, 0.3) is 0 Å². The molecule has 0 radical (unpaired) electrons. The van der Waals surface area contributed by atoms with E-state index in [9.17, 15) is 4.79 Å². The molecular weight excluding hydrogens is 306 g/mol. The van der Waals surface area contributed by atoms with Crippen LogP contribution in [0, 0.1) is 5.92 Å². The van der Waals surface area contributed by atoms with Gasteiger partial charge in [0.15, 0.2) is 0 Å². The van der Waals surface area contributed by atoms with Crippen molar-refractivity contribution in [2.24, 2.45) is 5.92 Å². The molecule has 7 nitrogen and oxygen atoms in total. The monoisotopic (exact) mass is 333 g/mol. The second kappa shape index (κ2) is 6.44. The van der Waals surface area contributed by atoms with Gasteiger partial charge in [-0.3, -0.25) is 14.6 Å². The minimum Gasteiger partial charge on any atom is -0.424 e. The molecule has 1 saturated carbocycles. The van der Waals surface area contributed by atoms with Gasteiger partial charge in [-0.1, -0.05) is 0 Å². The molecule has 2 atom stereocenters. The van der Waals surface area contributed by atoms with Crippen LogP contribution in [0.15, 0.2) is 4.42 Å². The first-order valence-electron chi connectivity index (χ1n) is 9.07. The molecule has 1 aromatic heterocycles. The van der Waals surface area contributed by atoms with E-state index in [1.165, 1.54) is 25.7 Å². The fraction of sp³-hybridized carbons (Fsp3) is 0.824. The van der Waals surface area contributed by atoms with Crippen LogP contribution in [-0.4, -0.2) is 77.1 Å². The van der Waals surface area contributed by atoms with Crippen molar-refractivity contribution >= 4 is 5.91 Å². The van der Waals surface area contributed by atoms with Gasteiger partial charge in [-0.05, 0) is 31.6 Å². The first kappa shape index (κ1) is 16.0. The number of hydrogen-bond donors (Lipinski definition) is 0. The van der Waals surface area contributed by atoms with Crippen LogP contribution in [0.1, 0.15) is 43.4 Å². The highest BCUT2D eigenvalue weighted by Gasteiger charge is 2.36. The Balaban J connectivity index is 1.39. The van der Waals surface area contributed by atoms with E-state index < -0.39 is 0 Å². The minimum absolute atomic E-state index is 0.189. The van der Waals surface area contributed by atoms with Crippen LogP contribution in [0.3, 0.4) is 0 Å². The van der Waals surface area contributed by atoms with Crippen molar-refractivity contribution in [3.63, 3.8) is 0 Å². The highest BCUT2D eigenvalue weighted by molar-refractivity contribution is 5.77. The molecule has 3 aliphatic heterocycles. The number of nitrogens with zero attached hydrogens (tertiary/aromatic N) is 5. The lowest BCUT2D eigenvalue weighted by molar-refractivity contribution is -0.130. The molecule has 4 heterocycles. The molecule has 7 heteroatoms. The van der Waals surface area contributed by atoms with Gasteiger partial charge in [-0.15, -0.1) is 10.2 Å². The Morgan fingerprint density at radius 2 is 2.00 bits per heavy atom. The molecule has 0 spiro atoms. The summed E-state index contributed by atoms with van der Waals surface area (Å²) >= 11 is 0. The van der Waals surface area contributed by atoms with Crippen LogP contribution < -0.4 is 0 Å². The summed E-state index contributed by atoms with van der Waals surface area (Å²) in [5, 5.41) is 8.44. The molecule has 1 aliphatic carbocycles. The number of fused-ring (bicyclic) bond motifs is 4. The predicted molar refractivity (Wildman–Crippen MR) is 88.3 cm³/mol. The van der Waals surface area contributed by atoms with E-state index in [2.05, 4.69) is 20.0 Å². The molecule has 0 N–H and O–H groups in total. The number of hydrogen-bond acceptors (Lipinski definition) is 6. The van der Waals surface area contributed by atoms with Gasteiger partial charge in [-0.2, -0.15) is 0 Å². The van der Waals surface area contributed by atoms with Gasteiger partial charge in [0.1, 0.15) is 0 Å². The van der Waals surface area contributed by atoms with Gasteiger partial charge < -0.3 is 9.32 Å². The van der Waals surface area contributed by atoms with E-state index >= 15 is 0 Å². The molecular formula is C17H27N5O2. The zero-order valence-corrected chi connectivity index (χ0v) is 14.6. The Morgan fingerprint density at radius 3 is 2.75 bits per heavy atom. The van der Waals surface area contributed by atoms with Gasteiger partial charge in [-0.25, -0.2) is 0 Å². The quantitative estimate of drug-likeness (QED) is 0.799. The number of likely N-dealkylation sites (N-methyl/N-ethyl adjacent to an activating group) is 1. The number of piperidine rings is 1. The Hall–Kier alpha value is -1.47. The van der Waals surface area contributed by atoms with Gasteiger partial charge in [0.05, 0.1) is 13.1 Å². The molecule has 0 aromatic carbocycles. The summed E-state index contributed by atoms with van der Waals surface area (Å²) in [7, 11) is 3.65. The zero-order valence-electron chi connectivity index (χ0n) is 14.6. The van der Waals surface area contributed by atoms with Crippen LogP contribution in [-0.2, 0) is 11.3 Å². The maximum Gasteiger partial charge on any atom is 0.236 e. The summed E-state index contributed by atoms with van der Waals surface area (Å²) in [5.74, 6) is 2.90. The summed E-state index contributed by atoms with van der Waals surface area (Å²) in [5.41, 5.74) is 0. The third-order valence-electron chi connectivity index (χ3n) is 5.51. The largest absolute Gasteiger partial charge is 0.424 e. The lowest BCUT2D eigenvalue weighted by atomic mass is 9.95. The van der Waals surface area contributed by atoms with E-state index in [1.54, 1.807) is 4.90 Å². The SMILES string of the molecule is CN(C)C(=O)CN1C[C@@H]2CC[C@H](C1)N(Cc1nnc(C3CC3)o1)C2. The summed E-state index contributed by atoms with van der Waals surface area (Å²) in [4.78, 5) is 18.5. The lowest BCUT2D eigenvalue weighted by Gasteiger charge is -2.35. The average molecular weight is 333 g/mol. The van der Waals surface area contributed by atoms with Gasteiger partial charge in [0.2, 0.25) is 17.7 Å². The van der Waals surface area contributed by atoms with Crippen molar-refractivity contribution in [1.29, 1.82) is 0 Å². The Labute approximate surface area is 143 Å². The zero-order chi connectivity index (χ0) is 16.7. The summed E-state index contributed by atoms with van der Waals surface area (Å²) in [6.45, 7) is 4.32. The van der Waals surface area contributed by atoms with E-state index in [0.29, 0.717) is 24.4 Å². The second-order valence-electron chi connectivity index (χ2n) is 7.82. The molecule has 4 fully saturated rings. The average Bonchev–Trinajstić information content (AvgIpc) is 3.33. The third-order valence-corrected chi connectivity index (χ3v) is 5.51. The highest BCUT2D eigenvalue weighted by atomic mass is 16.4. The summed E-state index contributed by atoms with van der Waals surface area (Å²) < 4.78 is 5.84. The molecule has 5 rings (SSSR count). The third kappa shape index (κ3) is 3.47. The molecule has 1 amide bonds. The topological polar surface area (TPSA) is 65.7 Å². The van der Waals surface area contributed by atoms with E-state index in [4.69, 9.17) is 4.42 Å². The van der Waals surface area contributed by atoms with E-state index in [-0.39, 0.29) is 5.91 Å². The number of aromatic nitrogens is 2. The maximum atomic E-state index is 12.0. The van der Waals surface area contributed by atoms with E-state index in [1.807, 2.05) is 14.1 Å². The number of amides is 1. The van der Waals surface area contributed by atoms with Crippen LogP contribution in [0.4, 0.5) is 0 Å². The Bertz CT molecular complexity index is 598. The Morgan fingerprint density at radius 1 is 1.17 bits per heavy atom. The molecule has 24 heavy (non-hydrogen) atoms. The van der Waals surface area contributed by atoms with E-state index in [0.717, 1.165) is 38.0 Å². The fourth-order valence-corrected chi connectivity index (χ4v) is 3.93. The molecule has 132 valence electrons. The van der Waals surface area contributed by atoms with Crippen molar-refractivity contribution in [2.75, 3.05) is 40.3 Å². The van der Waals surface area contributed by atoms with Gasteiger partial charge >= 0.3 is 0 Å². The number of carbonyl (C=O) groups is 1. The minimum atomic E-state index is 0.189. The van der Waals surface area contributed by atoms with Crippen LogP contribution in [0.5, 0.6) is 0 Å². The van der Waals surface area contributed by atoms with Crippen molar-refractivity contribution in [1.82, 2.24) is 24.9 Å². The van der Waals surface area contributed by atoms with Crippen molar-refractivity contribution in [3.8, 4) is 0 Å². The Kier molecular flexibility index (Phi) is 4.30. The molecule has 4 aliphatic rings. The standard InChI is InChI=1S/C17H27N5O2/c1-20(2)16(23)11-21-7-12-3-6-14(9-21)22(8-12)10-15-18-19-17(24-15)13-4-5-13/h12-14H,3-11H2,1-2H3/t12-,14+/m0/s1. The molecule has 0 unspecified atom stereocenters. The first-order valence-corrected chi connectivity index (χ1v) is 9.07. The number of carbonyl (C=O) groups excluding carboxylic acids is 1. The normalized spacial score (nSPS) is 28.1. The maximum absolute atomic E-state index is 12.0. The highest BCUT2D eigenvalue weighted by Crippen LogP contribution is 2.39. The molecule has 1 aromatic rings. The summed E-state index contributed by atoms with van der Waals surface area (Å²) in [6.07, 6.45) is 4.82. The van der Waals surface area contributed by atoms with Crippen molar-refractivity contribution < 1.29 is 9.21 Å². The van der Waals surface area contributed by atoms with Crippen LogP contribution >= 0.6 is 0 Å². The van der Waals surface area contributed by atoms with Crippen LogP contribution in [0.25, 0.3) is 0 Å². The first-order chi connectivity index (χ1) is 11.6. The number of rotatable bonds is 5. The van der Waals surface area contributed by atoms with Crippen molar-refractivity contribution in [2.45, 2.75) is 44.2 Å². The fourth-order valence-electron chi connectivity index (χ4n) is 3.93. The molecule has 2 bridgehead atoms. The second-order valence-corrected chi connectivity index (χ2v) is 7.82. The van der Waals surface area contributed by atoms with Gasteiger partial charge in [0, 0.05) is 45.7 Å². The van der Waals surface area contributed by atoms with Crippen molar-refractivity contribution in [3.05, 3.63) is 11.8 Å². The lowest BCUT2D eigenvalue weighted by Crippen LogP contribution is -2.44. The predicted octanol–water partition coefficient (Wildman–Crippen LogP) is 0.931. The molecule has 3 saturated heterocycles. The summed E-state index contributed by atoms with van der Waals surface area (Å²) in [6, 6.07) is 0.481. The van der Waals surface area contributed by atoms with Crippen LogP contribution in [0.2, 0.25) is 0 Å². The smallest absolute Gasteiger partial charge is 0.236 e.